The molecule has 1 fully saturated rings. The maximum absolute atomic E-state index is 11.9. The summed E-state index contributed by atoms with van der Waals surface area (Å²) >= 11 is 0. The van der Waals surface area contributed by atoms with Crippen molar-refractivity contribution in [1.82, 2.24) is 9.55 Å². The maximum Gasteiger partial charge on any atom is 0.508 e. The summed E-state index contributed by atoms with van der Waals surface area (Å²) in [4.78, 5) is 37.2. The van der Waals surface area contributed by atoms with E-state index in [1.54, 1.807) is 6.92 Å². The first-order chi connectivity index (χ1) is 11.0. The zero-order valence-corrected chi connectivity index (χ0v) is 13.1. The molecule has 3 atom stereocenters. The molecular weight excluding hydrogens is 304 g/mol. The second kappa shape index (κ2) is 7.28. The third-order valence-electron chi connectivity index (χ3n) is 3.61. The molecule has 0 bridgehead atoms. The fourth-order valence-corrected chi connectivity index (χ4v) is 2.44. The summed E-state index contributed by atoms with van der Waals surface area (Å²) in [5.41, 5.74) is -0.594. The van der Waals surface area contributed by atoms with Gasteiger partial charge in [0, 0.05) is 18.2 Å². The van der Waals surface area contributed by atoms with Crippen LogP contribution in [0.2, 0.25) is 0 Å². The van der Waals surface area contributed by atoms with E-state index in [1.807, 2.05) is 6.92 Å². The van der Waals surface area contributed by atoms with E-state index >= 15 is 0 Å². The van der Waals surface area contributed by atoms with Crippen LogP contribution in [0, 0.1) is 6.92 Å². The summed E-state index contributed by atoms with van der Waals surface area (Å²) in [5.74, 6) is 0. The third-order valence-corrected chi connectivity index (χ3v) is 3.61. The fourth-order valence-electron chi connectivity index (χ4n) is 2.44. The lowest BCUT2D eigenvalue weighted by Crippen LogP contribution is -2.33. The van der Waals surface area contributed by atoms with Gasteiger partial charge in [-0.05, 0) is 13.3 Å². The molecule has 1 aliphatic rings. The highest BCUT2D eigenvalue weighted by Gasteiger charge is 2.38. The molecule has 8 heteroatoms. The average Bonchev–Trinajstić information content (AvgIpc) is 2.91. The molecule has 0 aliphatic carbocycles. The number of nitrogens with zero attached hydrogens (tertiary/aromatic N) is 1. The third kappa shape index (κ3) is 3.89. The molecule has 23 heavy (non-hydrogen) atoms. The van der Waals surface area contributed by atoms with Gasteiger partial charge in [0.05, 0.1) is 6.10 Å². The average molecular weight is 324 g/mol. The molecule has 0 radical (unpaired) electrons. The van der Waals surface area contributed by atoms with Crippen LogP contribution in [-0.2, 0) is 14.2 Å². The normalized spacial score (nSPS) is 23.5. The van der Waals surface area contributed by atoms with E-state index in [1.165, 1.54) is 16.8 Å². The van der Waals surface area contributed by atoms with E-state index < -0.39 is 29.7 Å². The molecule has 8 nitrogen and oxygen atoms in total. The van der Waals surface area contributed by atoms with Crippen LogP contribution in [0.4, 0.5) is 4.79 Å². The molecule has 126 valence electrons. The molecule has 1 saturated heterocycles. The van der Waals surface area contributed by atoms with Crippen LogP contribution in [0.5, 0.6) is 0 Å². The minimum absolute atomic E-state index is 0.0607. The lowest BCUT2D eigenvalue weighted by Gasteiger charge is -2.16. The highest BCUT2D eigenvalue weighted by Crippen LogP contribution is 2.31. The van der Waals surface area contributed by atoms with Crippen LogP contribution in [0.3, 0.4) is 0 Å². The van der Waals surface area contributed by atoms with Crippen molar-refractivity contribution in [3.63, 3.8) is 0 Å². The lowest BCUT2D eigenvalue weighted by atomic mass is 10.1. The largest absolute Gasteiger partial charge is 0.508 e. The number of carbonyl (C=O) groups is 1. The van der Waals surface area contributed by atoms with Crippen LogP contribution in [-0.4, -0.2) is 34.5 Å². The van der Waals surface area contributed by atoms with Crippen molar-refractivity contribution < 1.29 is 19.0 Å². The van der Waals surface area contributed by atoms with Crippen LogP contribution < -0.4 is 11.2 Å². The van der Waals surface area contributed by atoms with Gasteiger partial charge < -0.3 is 14.2 Å². The number of carbonyl (C=O) groups excluding carboxylic acids is 1. The number of aromatic nitrogens is 2. The van der Waals surface area contributed by atoms with E-state index in [0.29, 0.717) is 18.4 Å². The molecule has 0 amide bonds. The Labute approximate surface area is 132 Å². The van der Waals surface area contributed by atoms with Gasteiger partial charge in [-0.3, -0.25) is 14.3 Å². The van der Waals surface area contributed by atoms with E-state index in [9.17, 15) is 14.4 Å². The van der Waals surface area contributed by atoms with Gasteiger partial charge in [0.2, 0.25) is 0 Å². The minimum Gasteiger partial charge on any atom is -0.430 e. The van der Waals surface area contributed by atoms with Gasteiger partial charge in [-0.25, -0.2) is 9.59 Å². The molecule has 2 heterocycles. The van der Waals surface area contributed by atoms with Gasteiger partial charge in [-0.2, -0.15) is 0 Å². The van der Waals surface area contributed by atoms with Crippen molar-refractivity contribution in [2.24, 2.45) is 0 Å². The predicted octanol–water partition coefficient (Wildman–Crippen LogP) is 1.25. The highest BCUT2D eigenvalue weighted by atomic mass is 16.7. The Hall–Kier alpha value is -2.35. The van der Waals surface area contributed by atoms with Crippen molar-refractivity contribution in [3.8, 4) is 0 Å². The van der Waals surface area contributed by atoms with Crippen LogP contribution in [0.25, 0.3) is 0 Å². The van der Waals surface area contributed by atoms with E-state index in [0.717, 1.165) is 0 Å². The number of hydrogen-bond donors (Lipinski definition) is 1. The second-order valence-electron chi connectivity index (χ2n) is 5.26. The molecule has 0 aromatic carbocycles. The van der Waals surface area contributed by atoms with E-state index in [-0.39, 0.29) is 12.7 Å². The monoisotopic (exact) mass is 324 g/mol. The molecule has 1 N–H and O–H groups in total. The second-order valence-corrected chi connectivity index (χ2v) is 5.26. The van der Waals surface area contributed by atoms with Gasteiger partial charge in [0.15, 0.2) is 0 Å². The van der Waals surface area contributed by atoms with Crippen molar-refractivity contribution >= 4 is 6.16 Å². The standard InChI is InChI=1S/C15H20N2O6/c1-4-6-21-15(20)23-11-7-12(22-10(11)5-2)17-8-9(3)13(18)16-14(17)19/h4,8,10-12H,1,5-7H2,2-3H3,(H,16,18,19). The Morgan fingerprint density at radius 3 is 2.96 bits per heavy atom. The highest BCUT2D eigenvalue weighted by molar-refractivity contribution is 5.60. The maximum atomic E-state index is 11.9. The van der Waals surface area contributed by atoms with Gasteiger partial charge in [0.1, 0.15) is 18.9 Å². The van der Waals surface area contributed by atoms with Gasteiger partial charge in [-0.15, -0.1) is 0 Å². The minimum atomic E-state index is -0.803. The summed E-state index contributed by atoms with van der Waals surface area (Å²) in [6.07, 6.45) is 1.49. The topological polar surface area (TPSA) is 99.6 Å². The van der Waals surface area contributed by atoms with Gasteiger partial charge in [-0.1, -0.05) is 19.6 Å². The Morgan fingerprint density at radius 1 is 1.57 bits per heavy atom. The number of ether oxygens (including phenoxy) is 3. The smallest absolute Gasteiger partial charge is 0.430 e. The van der Waals surface area contributed by atoms with Crippen LogP contribution in [0.1, 0.15) is 31.6 Å². The summed E-state index contributed by atoms with van der Waals surface area (Å²) in [7, 11) is 0. The number of rotatable bonds is 5. The molecule has 0 saturated carbocycles. The summed E-state index contributed by atoms with van der Waals surface area (Å²) < 4.78 is 17.1. The Bertz CT molecular complexity index is 692. The Morgan fingerprint density at radius 2 is 2.30 bits per heavy atom. The van der Waals surface area contributed by atoms with E-state index in [4.69, 9.17) is 14.2 Å². The Kier molecular flexibility index (Phi) is 5.38. The first kappa shape index (κ1) is 17.0. The lowest BCUT2D eigenvalue weighted by molar-refractivity contribution is -0.0360. The fraction of sp³-hybridized carbons (Fsp3) is 0.533. The first-order valence-corrected chi connectivity index (χ1v) is 7.38. The molecular formula is C15H20N2O6. The van der Waals surface area contributed by atoms with Crippen molar-refractivity contribution in [3.05, 3.63) is 45.3 Å². The number of nitrogens with one attached hydrogen (secondary N) is 1. The quantitative estimate of drug-likeness (QED) is 0.646. The molecule has 3 unspecified atom stereocenters. The summed E-state index contributed by atoms with van der Waals surface area (Å²) in [5, 5.41) is 0. The zero-order valence-electron chi connectivity index (χ0n) is 13.1. The predicted molar refractivity (Wildman–Crippen MR) is 81.3 cm³/mol. The molecule has 2 rings (SSSR count). The SMILES string of the molecule is C=CCOC(=O)OC1CC(n2cc(C)c(=O)[nH]c2=O)OC1CC. The molecule has 1 aromatic rings. The number of aryl methyl sites for hydroxylation is 1. The van der Waals surface area contributed by atoms with Crippen molar-refractivity contribution in [1.29, 1.82) is 0 Å². The summed E-state index contributed by atoms with van der Waals surface area (Å²) in [6, 6.07) is 0. The summed E-state index contributed by atoms with van der Waals surface area (Å²) in [6.45, 7) is 7.00. The Balaban J connectivity index is 2.14. The zero-order chi connectivity index (χ0) is 17.0. The van der Waals surface area contributed by atoms with Gasteiger partial charge in [0.25, 0.3) is 5.56 Å². The van der Waals surface area contributed by atoms with Crippen LogP contribution in [0.15, 0.2) is 28.4 Å². The van der Waals surface area contributed by atoms with Gasteiger partial charge >= 0.3 is 11.8 Å². The molecule has 1 aromatic heterocycles. The van der Waals surface area contributed by atoms with Crippen molar-refractivity contribution in [2.75, 3.05) is 6.61 Å². The van der Waals surface area contributed by atoms with Crippen LogP contribution >= 0.6 is 0 Å². The molecule has 0 spiro atoms. The van der Waals surface area contributed by atoms with Crippen molar-refractivity contribution in [2.45, 2.75) is 45.1 Å². The van der Waals surface area contributed by atoms with E-state index in [2.05, 4.69) is 11.6 Å². The number of hydrogen-bond acceptors (Lipinski definition) is 6. The molecule has 1 aliphatic heterocycles. The number of aromatic amines is 1. The number of H-pyrrole nitrogens is 1. The first-order valence-electron chi connectivity index (χ1n) is 7.38.